The summed E-state index contributed by atoms with van der Waals surface area (Å²) in [4.78, 5) is 12.3. The summed E-state index contributed by atoms with van der Waals surface area (Å²) in [5, 5.41) is 2.88. The molecule has 3 N–H and O–H groups in total. The minimum absolute atomic E-state index is 0. The first-order valence-electron chi connectivity index (χ1n) is 7.51. The van der Waals surface area contributed by atoms with Gasteiger partial charge in [0.05, 0.1) is 11.6 Å². The van der Waals surface area contributed by atoms with Crippen molar-refractivity contribution in [3.05, 3.63) is 35.4 Å². The molecule has 130 valence electrons. The number of hydrogen-bond acceptors (Lipinski definition) is 3. The normalized spacial score (nSPS) is 23.0. The van der Waals surface area contributed by atoms with Crippen LogP contribution in [0.25, 0.3) is 0 Å². The Labute approximate surface area is 141 Å². The molecule has 23 heavy (non-hydrogen) atoms. The Hall–Kier alpha value is -1.24. The molecule has 3 unspecified atom stereocenters. The van der Waals surface area contributed by atoms with E-state index >= 15 is 0 Å². The highest BCUT2D eigenvalue weighted by molar-refractivity contribution is 5.86. The van der Waals surface area contributed by atoms with Crippen molar-refractivity contribution >= 4 is 18.3 Å². The average Bonchev–Trinajstić information content (AvgIpc) is 2.90. The van der Waals surface area contributed by atoms with Gasteiger partial charge in [0.15, 0.2) is 11.6 Å². The Morgan fingerprint density at radius 2 is 2.13 bits per heavy atom. The maximum atomic E-state index is 13.4. The lowest BCUT2D eigenvalue weighted by atomic mass is 9.94. The summed E-state index contributed by atoms with van der Waals surface area (Å²) in [5.41, 5.74) is 5.58. The highest BCUT2D eigenvalue weighted by atomic mass is 35.5. The molecule has 3 atom stereocenters. The summed E-state index contributed by atoms with van der Waals surface area (Å²) in [5.74, 6) is -2.08. The van der Waals surface area contributed by atoms with Gasteiger partial charge in [0, 0.05) is 6.61 Å². The first-order chi connectivity index (χ1) is 10.3. The van der Waals surface area contributed by atoms with E-state index in [-0.39, 0.29) is 24.4 Å². The fourth-order valence-electron chi connectivity index (χ4n) is 2.72. The van der Waals surface area contributed by atoms with Crippen LogP contribution in [0.15, 0.2) is 18.2 Å². The minimum atomic E-state index is -0.948. The molecule has 7 heteroatoms. The van der Waals surface area contributed by atoms with Crippen molar-refractivity contribution in [1.82, 2.24) is 5.32 Å². The molecule has 1 aliphatic heterocycles. The number of nitrogens with two attached hydrogens (primary N) is 1. The Morgan fingerprint density at radius 1 is 1.43 bits per heavy atom. The summed E-state index contributed by atoms with van der Waals surface area (Å²) in [6.45, 7) is 4.10. The maximum Gasteiger partial charge on any atom is 0.240 e. The van der Waals surface area contributed by atoms with Gasteiger partial charge in [-0.15, -0.1) is 12.4 Å². The second kappa shape index (κ2) is 8.04. The topological polar surface area (TPSA) is 64.4 Å². The SMILES string of the molecule is CCCC(C)(N)C(=O)NC1CCOC1c1ccc(F)c(F)c1.Cl. The van der Waals surface area contributed by atoms with Gasteiger partial charge >= 0.3 is 0 Å². The van der Waals surface area contributed by atoms with Crippen LogP contribution in [0.5, 0.6) is 0 Å². The van der Waals surface area contributed by atoms with E-state index in [1.807, 2.05) is 6.92 Å². The molecule has 0 spiro atoms. The third-order valence-electron chi connectivity index (χ3n) is 3.97. The van der Waals surface area contributed by atoms with Crippen LogP contribution in [0.3, 0.4) is 0 Å². The van der Waals surface area contributed by atoms with E-state index in [2.05, 4.69) is 5.32 Å². The molecule has 0 bridgehead atoms. The van der Waals surface area contributed by atoms with Gasteiger partial charge in [-0.1, -0.05) is 19.4 Å². The van der Waals surface area contributed by atoms with Crippen LogP contribution < -0.4 is 11.1 Å². The second-order valence-electron chi connectivity index (χ2n) is 6.00. The van der Waals surface area contributed by atoms with E-state index < -0.39 is 23.3 Å². The van der Waals surface area contributed by atoms with Crippen LogP contribution in [0.4, 0.5) is 8.78 Å². The first kappa shape index (κ1) is 19.8. The van der Waals surface area contributed by atoms with E-state index in [9.17, 15) is 13.6 Å². The quantitative estimate of drug-likeness (QED) is 0.860. The molecular formula is C16H23ClF2N2O2. The highest BCUT2D eigenvalue weighted by Crippen LogP contribution is 2.30. The molecule has 0 aromatic heterocycles. The molecule has 1 saturated heterocycles. The third kappa shape index (κ3) is 4.62. The lowest BCUT2D eigenvalue weighted by Crippen LogP contribution is -2.54. The van der Waals surface area contributed by atoms with E-state index in [4.69, 9.17) is 10.5 Å². The maximum absolute atomic E-state index is 13.4. The Balaban J connectivity index is 0.00000264. The van der Waals surface area contributed by atoms with Crippen LogP contribution in [0.1, 0.15) is 44.8 Å². The molecule has 0 saturated carbocycles. The Bertz CT molecular complexity index is 555. The lowest BCUT2D eigenvalue weighted by molar-refractivity contribution is -0.127. The van der Waals surface area contributed by atoms with Crippen molar-refractivity contribution < 1.29 is 18.3 Å². The minimum Gasteiger partial charge on any atom is -0.371 e. The van der Waals surface area contributed by atoms with Gasteiger partial charge in [-0.2, -0.15) is 0 Å². The van der Waals surface area contributed by atoms with Crippen molar-refractivity contribution in [2.75, 3.05) is 6.61 Å². The van der Waals surface area contributed by atoms with Crippen LogP contribution in [0, 0.1) is 11.6 Å². The molecular weight excluding hydrogens is 326 g/mol. The summed E-state index contributed by atoms with van der Waals surface area (Å²) in [7, 11) is 0. The smallest absolute Gasteiger partial charge is 0.240 e. The van der Waals surface area contributed by atoms with Crippen LogP contribution >= 0.6 is 12.4 Å². The number of carbonyl (C=O) groups is 1. The van der Waals surface area contributed by atoms with Gasteiger partial charge in [0.2, 0.25) is 5.91 Å². The molecule has 1 amide bonds. The molecule has 0 aliphatic carbocycles. The number of carbonyl (C=O) groups excluding carboxylic acids is 1. The van der Waals surface area contributed by atoms with Crippen molar-refractivity contribution in [1.29, 1.82) is 0 Å². The predicted molar refractivity (Wildman–Crippen MR) is 86.3 cm³/mol. The zero-order chi connectivity index (χ0) is 16.3. The summed E-state index contributed by atoms with van der Waals surface area (Å²) in [6.07, 6.45) is 1.49. The molecule has 1 aromatic carbocycles. The van der Waals surface area contributed by atoms with E-state index in [1.165, 1.54) is 6.07 Å². The van der Waals surface area contributed by atoms with Crippen LogP contribution in [-0.4, -0.2) is 24.1 Å². The summed E-state index contributed by atoms with van der Waals surface area (Å²) in [6, 6.07) is 3.35. The molecule has 4 nitrogen and oxygen atoms in total. The molecule has 1 aromatic rings. The summed E-state index contributed by atoms with van der Waals surface area (Å²) < 4.78 is 32.0. The van der Waals surface area contributed by atoms with E-state index in [0.717, 1.165) is 18.6 Å². The standard InChI is InChI=1S/C16H22F2N2O2.ClH/c1-3-7-16(2,19)15(21)20-13-6-8-22-14(13)10-4-5-11(17)12(18)9-10;/h4-5,9,13-14H,3,6-8,19H2,1-2H3,(H,20,21);1H. The number of amides is 1. The lowest BCUT2D eigenvalue weighted by Gasteiger charge is -2.27. The Kier molecular flexibility index (Phi) is 6.92. The number of rotatable bonds is 5. The van der Waals surface area contributed by atoms with Crippen LogP contribution in [0.2, 0.25) is 0 Å². The summed E-state index contributed by atoms with van der Waals surface area (Å²) >= 11 is 0. The van der Waals surface area contributed by atoms with Crippen molar-refractivity contribution in [2.45, 2.75) is 50.8 Å². The zero-order valence-corrected chi connectivity index (χ0v) is 14.1. The van der Waals surface area contributed by atoms with Gasteiger partial charge < -0.3 is 15.8 Å². The monoisotopic (exact) mass is 348 g/mol. The van der Waals surface area contributed by atoms with Crippen molar-refractivity contribution in [2.24, 2.45) is 5.73 Å². The van der Waals surface area contributed by atoms with E-state index in [0.29, 0.717) is 25.0 Å². The fraction of sp³-hybridized carbons (Fsp3) is 0.562. The second-order valence-corrected chi connectivity index (χ2v) is 6.00. The molecule has 0 radical (unpaired) electrons. The van der Waals surface area contributed by atoms with Crippen LogP contribution in [-0.2, 0) is 9.53 Å². The molecule has 1 aliphatic rings. The van der Waals surface area contributed by atoms with Crippen molar-refractivity contribution in [3.8, 4) is 0 Å². The van der Waals surface area contributed by atoms with E-state index in [1.54, 1.807) is 6.92 Å². The van der Waals surface area contributed by atoms with Gasteiger partial charge in [0.1, 0.15) is 6.10 Å². The molecule has 2 rings (SSSR count). The largest absolute Gasteiger partial charge is 0.371 e. The fourth-order valence-corrected chi connectivity index (χ4v) is 2.72. The number of nitrogens with one attached hydrogen (secondary N) is 1. The predicted octanol–water partition coefficient (Wildman–Crippen LogP) is 2.85. The number of hydrogen-bond donors (Lipinski definition) is 2. The third-order valence-corrected chi connectivity index (χ3v) is 3.97. The Morgan fingerprint density at radius 3 is 2.74 bits per heavy atom. The average molecular weight is 349 g/mol. The number of ether oxygens (including phenoxy) is 1. The van der Waals surface area contributed by atoms with Gasteiger partial charge in [0.25, 0.3) is 0 Å². The van der Waals surface area contributed by atoms with Gasteiger partial charge in [-0.3, -0.25) is 4.79 Å². The van der Waals surface area contributed by atoms with Crippen molar-refractivity contribution in [3.63, 3.8) is 0 Å². The van der Waals surface area contributed by atoms with Gasteiger partial charge in [-0.05, 0) is 37.5 Å². The first-order valence-corrected chi connectivity index (χ1v) is 7.51. The zero-order valence-electron chi connectivity index (χ0n) is 13.3. The van der Waals surface area contributed by atoms with Gasteiger partial charge in [-0.25, -0.2) is 8.78 Å². The number of halogens is 3. The number of benzene rings is 1. The highest BCUT2D eigenvalue weighted by Gasteiger charge is 2.35. The molecule has 1 heterocycles. The molecule has 1 fully saturated rings.